The number of ether oxygens (including phenoxy) is 1. The number of aromatic nitrogens is 3. The maximum absolute atomic E-state index is 5.85. The van der Waals surface area contributed by atoms with Gasteiger partial charge in [0, 0.05) is 24.2 Å². The van der Waals surface area contributed by atoms with Crippen molar-refractivity contribution in [1.29, 1.82) is 0 Å². The molecule has 0 fully saturated rings. The van der Waals surface area contributed by atoms with E-state index in [-0.39, 0.29) is 0 Å². The predicted octanol–water partition coefficient (Wildman–Crippen LogP) is 4.82. The molecule has 4 aromatic rings. The van der Waals surface area contributed by atoms with Gasteiger partial charge in [-0.25, -0.2) is 4.98 Å². The van der Waals surface area contributed by atoms with Crippen molar-refractivity contribution in [3.63, 3.8) is 0 Å². The van der Waals surface area contributed by atoms with Gasteiger partial charge in [-0.05, 0) is 59.0 Å². The Hall–Kier alpha value is -2.41. The SMILES string of the molecule is Cn1cc(I)c(COc2ccc(-c3ccc4ccccc4n3)cc2)n1. The number of para-hydroxylation sites is 1. The maximum Gasteiger partial charge on any atom is 0.133 e. The van der Waals surface area contributed by atoms with Crippen molar-refractivity contribution in [3.05, 3.63) is 76.1 Å². The van der Waals surface area contributed by atoms with E-state index in [1.54, 1.807) is 4.68 Å². The summed E-state index contributed by atoms with van der Waals surface area (Å²) in [5.41, 5.74) is 3.99. The number of halogens is 1. The third-order valence-corrected chi connectivity index (χ3v) is 4.88. The predicted molar refractivity (Wildman–Crippen MR) is 107 cm³/mol. The zero-order valence-corrected chi connectivity index (χ0v) is 15.8. The van der Waals surface area contributed by atoms with Crippen LogP contribution in [0.2, 0.25) is 0 Å². The summed E-state index contributed by atoms with van der Waals surface area (Å²) >= 11 is 2.27. The first-order valence-electron chi connectivity index (χ1n) is 7.96. The number of benzene rings is 2. The van der Waals surface area contributed by atoms with E-state index in [0.29, 0.717) is 6.61 Å². The normalized spacial score (nSPS) is 11.0. The van der Waals surface area contributed by atoms with E-state index in [9.17, 15) is 0 Å². The Morgan fingerprint density at radius 3 is 2.56 bits per heavy atom. The Morgan fingerprint density at radius 1 is 1.00 bits per heavy atom. The number of rotatable bonds is 4. The summed E-state index contributed by atoms with van der Waals surface area (Å²) in [6.45, 7) is 0.465. The Kier molecular flexibility index (Phi) is 4.40. The van der Waals surface area contributed by atoms with Crippen molar-refractivity contribution in [2.24, 2.45) is 7.05 Å². The quantitative estimate of drug-likeness (QED) is 0.427. The zero-order chi connectivity index (χ0) is 17.2. The van der Waals surface area contributed by atoms with Crippen LogP contribution in [0.5, 0.6) is 5.75 Å². The van der Waals surface area contributed by atoms with Crippen molar-refractivity contribution in [1.82, 2.24) is 14.8 Å². The van der Waals surface area contributed by atoms with Crippen molar-refractivity contribution in [3.8, 4) is 17.0 Å². The standard InChI is InChI=1S/C20H16IN3O/c1-24-12-17(21)20(23-24)13-25-16-9-6-15(7-10-16)19-11-8-14-4-2-3-5-18(14)22-19/h2-12H,13H2,1H3. The highest BCUT2D eigenvalue weighted by Gasteiger charge is 2.06. The lowest BCUT2D eigenvalue weighted by molar-refractivity contribution is 0.299. The van der Waals surface area contributed by atoms with Gasteiger partial charge in [0.15, 0.2) is 0 Å². The first-order valence-corrected chi connectivity index (χ1v) is 9.04. The van der Waals surface area contributed by atoms with Crippen molar-refractivity contribution in [2.75, 3.05) is 0 Å². The van der Waals surface area contributed by atoms with E-state index < -0.39 is 0 Å². The molecule has 0 saturated carbocycles. The van der Waals surface area contributed by atoms with Crippen LogP contribution in [-0.2, 0) is 13.7 Å². The van der Waals surface area contributed by atoms with E-state index in [0.717, 1.165) is 37.2 Å². The number of aryl methyl sites for hydroxylation is 1. The minimum Gasteiger partial charge on any atom is -0.487 e. The molecule has 0 radical (unpaired) electrons. The molecule has 0 bridgehead atoms. The fourth-order valence-corrected chi connectivity index (χ4v) is 3.37. The van der Waals surface area contributed by atoms with Gasteiger partial charge in [-0.15, -0.1) is 0 Å². The Balaban J connectivity index is 1.51. The first kappa shape index (κ1) is 16.1. The summed E-state index contributed by atoms with van der Waals surface area (Å²) in [5.74, 6) is 0.825. The van der Waals surface area contributed by atoms with Gasteiger partial charge >= 0.3 is 0 Å². The van der Waals surface area contributed by atoms with Gasteiger partial charge in [-0.1, -0.05) is 24.3 Å². The molecule has 5 heteroatoms. The molecule has 0 aliphatic heterocycles. The molecule has 25 heavy (non-hydrogen) atoms. The lowest BCUT2D eigenvalue weighted by Gasteiger charge is -2.07. The second kappa shape index (κ2) is 6.84. The van der Waals surface area contributed by atoms with Gasteiger partial charge in [-0.3, -0.25) is 4.68 Å². The lowest BCUT2D eigenvalue weighted by atomic mass is 10.1. The summed E-state index contributed by atoms with van der Waals surface area (Å²) in [4.78, 5) is 4.73. The molecule has 0 aliphatic carbocycles. The van der Waals surface area contributed by atoms with Gasteiger partial charge in [0.25, 0.3) is 0 Å². The number of nitrogens with zero attached hydrogens (tertiary/aromatic N) is 3. The van der Waals surface area contributed by atoms with Crippen LogP contribution in [0.15, 0.2) is 66.9 Å². The molecule has 0 spiro atoms. The van der Waals surface area contributed by atoms with Crippen LogP contribution in [0.1, 0.15) is 5.69 Å². The second-order valence-electron chi connectivity index (χ2n) is 5.80. The van der Waals surface area contributed by atoms with E-state index >= 15 is 0 Å². The molecule has 0 amide bonds. The van der Waals surface area contributed by atoms with Gasteiger partial charge in [0.2, 0.25) is 0 Å². The zero-order valence-electron chi connectivity index (χ0n) is 13.7. The summed E-state index contributed by atoms with van der Waals surface area (Å²) in [5, 5.41) is 5.54. The largest absolute Gasteiger partial charge is 0.487 e. The minimum atomic E-state index is 0.465. The molecule has 124 valence electrons. The van der Waals surface area contributed by atoms with Crippen LogP contribution in [0.25, 0.3) is 22.2 Å². The highest BCUT2D eigenvalue weighted by Crippen LogP contribution is 2.24. The Bertz CT molecular complexity index is 1020. The molecule has 0 unspecified atom stereocenters. The number of hydrogen-bond donors (Lipinski definition) is 0. The maximum atomic E-state index is 5.85. The lowest BCUT2D eigenvalue weighted by Crippen LogP contribution is -1.99. The molecular formula is C20H16IN3O. The van der Waals surface area contributed by atoms with Crippen LogP contribution in [0.3, 0.4) is 0 Å². The Labute approximate surface area is 159 Å². The van der Waals surface area contributed by atoms with E-state index in [1.165, 1.54) is 0 Å². The van der Waals surface area contributed by atoms with Crippen molar-refractivity contribution in [2.45, 2.75) is 6.61 Å². The van der Waals surface area contributed by atoms with Crippen LogP contribution in [0, 0.1) is 3.57 Å². The molecule has 2 aromatic heterocycles. The molecule has 2 heterocycles. The minimum absolute atomic E-state index is 0.465. The van der Waals surface area contributed by atoms with Gasteiger partial charge in [-0.2, -0.15) is 5.10 Å². The van der Waals surface area contributed by atoms with Crippen LogP contribution in [-0.4, -0.2) is 14.8 Å². The fourth-order valence-electron chi connectivity index (χ4n) is 2.70. The molecule has 0 saturated heterocycles. The van der Waals surface area contributed by atoms with E-state index in [4.69, 9.17) is 9.72 Å². The number of hydrogen-bond acceptors (Lipinski definition) is 3. The van der Waals surface area contributed by atoms with E-state index in [1.807, 2.05) is 55.7 Å². The molecule has 0 atom stereocenters. The number of pyridine rings is 1. The van der Waals surface area contributed by atoms with Gasteiger partial charge in [0.05, 0.1) is 14.8 Å². The summed E-state index contributed by atoms with van der Waals surface area (Å²) in [6.07, 6.45) is 1.98. The van der Waals surface area contributed by atoms with Gasteiger partial charge < -0.3 is 4.74 Å². The number of fused-ring (bicyclic) bond motifs is 1. The summed E-state index contributed by atoms with van der Waals surface area (Å²) in [7, 11) is 1.91. The Morgan fingerprint density at radius 2 is 1.80 bits per heavy atom. The average Bonchev–Trinajstić information content (AvgIpc) is 2.97. The van der Waals surface area contributed by atoms with Crippen molar-refractivity contribution < 1.29 is 4.74 Å². The molecule has 4 nitrogen and oxygen atoms in total. The molecule has 0 N–H and O–H groups in total. The summed E-state index contributed by atoms with van der Waals surface area (Å²) < 4.78 is 8.76. The highest BCUT2D eigenvalue weighted by atomic mass is 127. The average molecular weight is 441 g/mol. The monoisotopic (exact) mass is 441 g/mol. The van der Waals surface area contributed by atoms with Crippen LogP contribution < -0.4 is 4.74 Å². The third-order valence-electron chi connectivity index (χ3n) is 3.98. The van der Waals surface area contributed by atoms with Gasteiger partial charge in [0.1, 0.15) is 18.1 Å². The first-order chi connectivity index (χ1) is 12.2. The third kappa shape index (κ3) is 3.51. The molecule has 4 rings (SSSR count). The second-order valence-corrected chi connectivity index (χ2v) is 6.96. The summed E-state index contributed by atoms with van der Waals surface area (Å²) in [6, 6.07) is 20.3. The fraction of sp³-hybridized carbons (Fsp3) is 0.100. The van der Waals surface area contributed by atoms with E-state index in [2.05, 4.69) is 45.9 Å². The molecule has 0 aliphatic rings. The highest BCUT2D eigenvalue weighted by molar-refractivity contribution is 14.1. The molecular weight excluding hydrogens is 425 g/mol. The topological polar surface area (TPSA) is 39.9 Å². The van der Waals surface area contributed by atoms with Crippen LogP contribution in [0.4, 0.5) is 0 Å². The molecule has 2 aromatic carbocycles. The smallest absolute Gasteiger partial charge is 0.133 e. The van der Waals surface area contributed by atoms with Crippen LogP contribution >= 0.6 is 22.6 Å². The van der Waals surface area contributed by atoms with Crippen molar-refractivity contribution >= 4 is 33.5 Å².